The Bertz CT molecular complexity index is 1220. The van der Waals surface area contributed by atoms with Crippen LogP contribution in [0.25, 0.3) is 0 Å². The van der Waals surface area contributed by atoms with Crippen molar-refractivity contribution in [3.05, 3.63) is 94.9 Å². The number of piperazine rings is 1. The second-order valence-corrected chi connectivity index (χ2v) is 9.20. The Hall–Kier alpha value is -3.59. The second-order valence-electron chi connectivity index (χ2n) is 9.20. The van der Waals surface area contributed by atoms with Gasteiger partial charge >= 0.3 is 6.18 Å². The summed E-state index contributed by atoms with van der Waals surface area (Å²) < 4.78 is 43.8. The van der Waals surface area contributed by atoms with Gasteiger partial charge in [0.1, 0.15) is 6.04 Å². The number of hydrogen-bond donors (Lipinski definition) is 0. The molecule has 0 spiro atoms. The van der Waals surface area contributed by atoms with Gasteiger partial charge in [-0.15, -0.1) is 0 Å². The van der Waals surface area contributed by atoms with Crippen molar-refractivity contribution in [2.24, 2.45) is 0 Å². The highest BCUT2D eigenvalue weighted by molar-refractivity contribution is 5.96. The van der Waals surface area contributed by atoms with Gasteiger partial charge in [0.05, 0.1) is 11.8 Å². The number of benzene rings is 2. The molecule has 0 saturated carbocycles. The summed E-state index contributed by atoms with van der Waals surface area (Å²) in [5.74, 6) is -0.207. The first-order valence-electron chi connectivity index (χ1n) is 11.9. The van der Waals surface area contributed by atoms with Crippen LogP contribution < -0.4 is 0 Å². The van der Waals surface area contributed by atoms with Gasteiger partial charge in [0.2, 0.25) is 5.91 Å². The first kappa shape index (κ1) is 24.1. The van der Waals surface area contributed by atoms with Gasteiger partial charge in [-0.05, 0) is 41.0 Å². The molecule has 2 aromatic carbocycles. The molecule has 2 aliphatic heterocycles. The molecule has 5 rings (SSSR count). The first-order valence-corrected chi connectivity index (χ1v) is 11.9. The Morgan fingerprint density at radius 1 is 0.889 bits per heavy atom. The fourth-order valence-corrected chi connectivity index (χ4v) is 4.89. The van der Waals surface area contributed by atoms with Crippen LogP contribution in [0.1, 0.15) is 32.8 Å². The minimum atomic E-state index is -4.35. The number of furan rings is 1. The van der Waals surface area contributed by atoms with E-state index < -0.39 is 17.8 Å². The number of alkyl halides is 3. The lowest BCUT2D eigenvalue weighted by molar-refractivity contribution is -0.138. The van der Waals surface area contributed by atoms with Crippen molar-refractivity contribution >= 4 is 11.8 Å². The molecular formula is C27H26F3N3O3. The monoisotopic (exact) mass is 497 g/mol. The molecule has 0 bridgehead atoms. The number of halogens is 3. The van der Waals surface area contributed by atoms with Gasteiger partial charge in [0.15, 0.2) is 5.76 Å². The number of nitrogens with zero attached hydrogens (tertiary/aromatic N) is 3. The Morgan fingerprint density at radius 2 is 1.58 bits per heavy atom. The third-order valence-corrected chi connectivity index (χ3v) is 6.90. The number of carbonyl (C=O) groups is 2. The standard InChI is InChI=1S/C27H26F3N3O3/c28-27(29,30)22-9-7-19(8-10-22)17-31-11-13-32(14-12-31)25(34)23-16-20-4-1-2-5-21(20)18-33(23)26(35)24-6-3-15-36-24/h1-10,15,23H,11-14,16-18H2. The maximum absolute atomic E-state index is 13.6. The molecule has 1 saturated heterocycles. The molecule has 1 unspecified atom stereocenters. The molecule has 3 heterocycles. The highest BCUT2D eigenvalue weighted by Crippen LogP contribution is 2.30. The zero-order valence-electron chi connectivity index (χ0n) is 19.6. The van der Waals surface area contributed by atoms with Crippen LogP contribution in [-0.4, -0.2) is 58.7 Å². The van der Waals surface area contributed by atoms with E-state index in [0.29, 0.717) is 45.7 Å². The van der Waals surface area contributed by atoms with Gasteiger partial charge in [-0.2, -0.15) is 13.2 Å². The van der Waals surface area contributed by atoms with Crippen LogP contribution in [0, 0.1) is 0 Å². The van der Waals surface area contributed by atoms with E-state index in [0.717, 1.165) is 28.8 Å². The van der Waals surface area contributed by atoms with Crippen LogP contribution in [0.5, 0.6) is 0 Å². The van der Waals surface area contributed by atoms with E-state index in [2.05, 4.69) is 4.90 Å². The fourth-order valence-electron chi connectivity index (χ4n) is 4.89. The molecular weight excluding hydrogens is 471 g/mol. The van der Waals surface area contributed by atoms with Crippen molar-refractivity contribution in [2.75, 3.05) is 26.2 Å². The second kappa shape index (κ2) is 9.81. The highest BCUT2D eigenvalue weighted by Gasteiger charge is 2.38. The summed E-state index contributed by atoms with van der Waals surface area (Å²) in [6.07, 6.45) is -2.47. The minimum absolute atomic E-state index is 0.0985. The normalized spacial score (nSPS) is 18.7. The molecule has 2 aliphatic rings. The van der Waals surface area contributed by atoms with Crippen molar-refractivity contribution in [2.45, 2.75) is 31.7 Å². The molecule has 9 heteroatoms. The van der Waals surface area contributed by atoms with Gasteiger partial charge in [-0.3, -0.25) is 14.5 Å². The topological polar surface area (TPSA) is 57.0 Å². The first-order chi connectivity index (χ1) is 17.3. The summed E-state index contributed by atoms with van der Waals surface area (Å²) >= 11 is 0. The number of carbonyl (C=O) groups excluding carboxylic acids is 2. The molecule has 0 aliphatic carbocycles. The summed E-state index contributed by atoms with van der Waals surface area (Å²) in [4.78, 5) is 32.3. The summed E-state index contributed by atoms with van der Waals surface area (Å²) in [6.45, 7) is 3.02. The molecule has 36 heavy (non-hydrogen) atoms. The van der Waals surface area contributed by atoms with E-state index >= 15 is 0 Å². The maximum atomic E-state index is 13.6. The van der Waals surface area contributed by atoms with Crippen molar-refractivity contribution in [1.29, 1.82) is 0 Å². The summed E-state index contributed by atoms with van der Waals surface area (Å²) in [7, 11) is 0. The predicted molar refractivity (Wildman–Crippen MR) is 126 cm³/mol. The Balaban J connectivity index is 1.25. The zero-order valence-corrected chi connectivity index (χ0v) is 19.6. The van der Waals surface area contributed by atoms with Crippen molar-refractivity contribution in [3.8, 4) is 0 Å². The Labute approximate surface area is 206 Å². The number of amides is 2. The zero-order chi connectivity index (χ0) is 25.3. The largest absolute Gasteiger partial charge is 0.459 e. The van der Waals surface area contributed by atoms with E-state index in [9.17, 15) is 22.8 Å². The molecule has 0 N–H and O–H groups in total. The number of fused-ring (bicyclic) bond motifs is 1. The lowest BCUT2D eigenvalue weighted by Gasteiger charge is -2.41. The molecule has 2 amide bonds. The van der Waals surface area contributed by atoms with Crippen LogP contribution in [0.4, 0.5) is 13.2 Å². The summed E-state index contributed by atoms with van der Waals surface area (Å²) in [5.41, 5.74) is 2.20. The van der Waals surface area contributed by atoms with E-state index in [1.165, 1.54) is 18.4 Å². The Morgan fingerprint density at radius 3 is 2.22 bits per heavy atom. The quantitative estimate of drug-likeness (QED) is 0.542. The molecule has 0 radical (unpaired) electrons. The number of rotatable bonds is 4. The average molecular weight is 498 g/mol. The maximum Gasteiger partial charge on any atom is 0.416 e. The fraction of sp³-hybridized carbons (Fsp3) is 0.333. The van der Waals surface area contributed by atoms with Crippen molar-refractivity contribution in [1.82, 2.24) is 14.7 Å². The van der Waals surface area contributed by atoms with E-state index in [-0.39, 0.29) is 17.6 Å². The SMILES string of the molecule is O=C(C1Cc2ccccc2CN1C(=O)c1ccco1)N1CCN(Cc2ccc(C(F)(F)F)cc2)CC1. The van der Waals surface area contributed by atoms with Crippen molar-refractivity contribution in [3.63, 3.8) is 0 Å². The lowest BCUT2D eigenvalue weighted by Crippen LogP contribution is -2.57. The molecule has 3 aromatic rings. The summed E-state index contributed by atoms with van der Waals surface area (Å²) in [5, 5.41) is 0. The third kappa shape index (κ3) is 5.02. The predicted octanol–water partition coefficient (Wildman–Crippen LogP) is 4.21. The third-order valence-electron chi connectivity index (χ3n) is 6.90. The molecule has 1 atom stereocenters. The molecule has 188 valence electrons. The number of hydrogen-bond acceptors (Lipinski definition) is 4. The van der Waals surface area contributed by atoms with Gasteiger partial charge in [0.25, 0.3) is 5.91 Å². The van der Waals surface area contributed by atoms with Crippen LogP contribution >= 0.6 is 0 Å². The van der Waals surface area contributed by atoms with Gasteiger partial charge in [-0.1, -0.05) is 36.4 Å². The Kier molecular flexibility index (Phi) is 6.57. The molecule has 6 nitrogen and oxygen atoms in total. The van der Waals surface area contributed by atoms with Gasteiger partial charge in [0, 0.05) is 45.7 Å². The van der Waals surface area contributed by atoms with Gasteiger partial charge < -0.3 is 14.2 Å². The van der Waals surface area contributed by atoms with Crippen LogP contribution in [-0.2, 0) is 30.5 Å². The minimum Gasteiger partial charge on any atom is -0.459 e. The van der Waals surface area contributed by atoms with Crippen molar-refractivity contribution < 1.29 is 27.2 Å². The highest BCUT2D eigenvalue weighted by atomic mass is 19.4. The molecule has 1 fully saturated rings. The van der Waals surface area contributed by atoms with E-state index in [4.69, 9.17) is 4.42 Å². The van der Waals surface area contributed by atoms with Gasteiger partial charge in [-0.25, -0.2) is 0 Å². The van der Waals surface area contributed by atoms with Crippen LogP contribution in [0.15, 0.2) is 71.3 Å². The van der Waals surface area contributed by atoms with E-state index in [1.807, 2.05) is 24.3 Å². The van der Waals surface area contributed by atoms with Crippen LogP contribution in [0.2, 0.25) is 0 Å². The van der Waals surface area contributed by atoms with Crippen LogP contribution in [0.3, 0.4) is 0 Å². The molecule has 1 aromatic heterocycles. The van der Waals surface area contributed by atoms with E-state index in [1.54, 1.807) is 21.9 Å². The smallest absolute Gasteiger partial charge is 0.416 e. The average Bonchev–Trinajstić information content (AvgIpc) is 3.42. The lowest BCUT2D eigenvalue weighted by atomic mass is 9.92. The summed E-state index contributed by atoms with van der Waals surface area (Å²) in [6, 6.07) is 15.6.